The summed E-state index contributed by atoms with van der Waals surface area (Å²) in [6.07, 6.45) is 2.72. The average molecular weight is 334 g/mol. The van der Waals surface area contributed by atoms with E-state index in [1.807, 2.05) is 25.1 Å². The monoisotopic (exact) mass is 333 g/mol. The van der Waals surface area contributed by atoms with Crippen molar-refractivity contribution < 1.29 is 4.79 Å². The molecule has 6 nitrogen and oxygen atoms in total. The second kappa shape index (κ2) is 7.10. The second-order valence-electron chi connectivity index (χ2n) is 5.65. The van der Waals surface area contributed by atoms with Gasteiger partial charge in [0.15, 0.2) is 5.69 Å². The summed E-state index contributed by atoms with van der Waals surface area (Å²) in [5.41, 5.74) is 1.98. The molecule has 1 saturated heterocycles. The molecule has 3 rings (SSSR count). The molecule has 1 aromatic carbocycles. The lowest BCUT2D eigenvalue weighted by molar-refractivity contribution is 0.0924. The number of aromatic nitrogens is 3. The Balaban J connectivity index is 1.84. The fraction of sp³-hybridized carbons (Fsp3) is 0.438. The van der Waals surface area contributed by atoms with Gasteiger partial charge in [0.05, 0.1) is 11.4 Å². The first-order valence-electron chi connectivity index (χ1n) is 7.91. The fourth-order valence-electron chi connectivity index (χ4n) is 2.84. The minimum absolute atomic E-state index is 0.150. The van der Waals surface area contributed by atoms with E-state index in [4.69, 9.17) is 11.6 Å². The maximum absolute atomic E-state index is 12.5. The van der Waals surface area contributed by atoms with E-state index >= 15 is 0 Å². The van der Waals surface area contributed by atoms with E-state index in [0.29, 0.717) is 17.1 Å². The van der Waals surface area contributed by atoms with Crippen molar-refractivity contribution in [3.05, 3.63) is 40.7 Å². The molecule has 2 heterocycles. The molecule has 1 atom stereocenters. The number of carbonyl (C=O) groups excluding carboxylic acids is 1. The minimum Gasteiger partial charge on any atom is -0.347 e. The molecule has 1 amide bonds. The number of rotatable bonds is 4. The predicted octanol–water partition coefficient (Wildman–Crippen LogP) is 1.96. The Morgan fingerprint density at radius 2 is 2.39 bits per heavy atom. The molecule has 1 aromatic heterocycles. The molecule has 0 radical (unpaired) electrons. The smallest absolute Gasteiger partial charge is 0.274 e. The molecule has 7 heteroatoms. The van der Waals surface area contributed by atoms with Crippen LogP contribution in [0.4, 0.5) is 0 Å². The average Bonchev–Trinajstić information content (AvgIpc) is 3.00. The summed E-state index contributed by atoms with van der Waals surface area (Å²) in [6.45, 7) is 3.80. The van der Waals surface area contributed by atoms with Crippen molar-refractivity contribution in [3.63, 3.8) is 0 Å². The van der Waals surface area contributed by atoms with Gasteiger partial charge in [0, 0.05) is 17.6 Å². The van der Waals surface area contributed by atoms with Crippen molar-refractivity contribution in [1.29, 1.82) is 0 Å². The number of hydrogen-bond acceptors (Lipinski definition) is 4. The first kappa shape index (κ1) is 16.0. The summed E-state index contributed by atoms with van der Waals surface area (Å²) in [4.78, 5) is 12.5. The second-order valence-corrected chi connectivity index (χ2v) is 6.08. The maximum atomic E-state index is 12.5. The van der Waals surface area contributed by atoms with Crippen LogP contribution in [0.25, 0.3) is 5.69 Å². The Labute approximate surface area is 140 Å². The standard InChI is InChI=1S/C16H20ClN5O/c1-2-14-15(16(23)19-12-6-4-8-18-10-12)20-21-22(14)13-7-3-5-11(17)9-13/h3,5,7,9,12,18H,2,4,6,8,10H2,1H3,(H,19,23)/t12-/m0/s1. The van der Waals surface area contributed by atoms with Gasteiger partial charge in [-0.25, -0.2) is 4.68 Å². The number of piperidine rings is 1. The molecule has 0 saturated carbocycles. The normalized spacial score (nSPS) is 17.9. The third kappa shape index (κ3) is 3.54. The molecular weight excluding hydrogens is 314 g/mol. The van der Waals surface area contributed by atoms with Gasteiger partial charge in [-0.1, -0.05) is 29.8 Å². The van der Waals surface area contributed by atoms with Crippen molar-refractivity contribution in [2.24, 2.45) is 0 Å². The van der Waals surface area contributed by atoms with Crippen LogP contribution in [0.5, 0.6) is 0 Å². The third-order valence-corrected chi connectivity index (χ3v) is 4.23. The zero-order valence-electron chi connectivity index (χ0n) is 13.1. The van der Waals surface area contributed by atoms with Crippen LogP contribution in [0.15, 0.2) is 24.3 Å². The minimum atomic E-state index is -0.163. The van der Waals surface area contributed by atoms with Gasteiger partial charge in [0.25, 0.3) is 5.91 Å². The van der Waals surface area contributed by atoms with Crippen molar-refractivity contribution >= 4 is 17.5 Å². The molecule has 2 aromatic rings. The van der Waals surface area contributed by atoms with Gasteiger partial charge in [-0.3, -0.25) is 4.79 Å². The van der Waals surface area contributed by atoms with Gasteiger partial charge in [-0.2, -0.15) is 0 Å². The van der Waals surface area contributed by atoms with Crippen LogP contribution in [0.3, 0.4) is 0 Å². The highest BCUT2D eigenvalue weighted by Crippen LogP contribution is 2.18. The summed E-state index contributed by atoms with van der Waals surface area (Å²) < 4.78 is 1.68. The van der Waals surface area contributed by atoms with E-state index in [2.05, 4.69) is 20.9 Å². The highest BCUT2D eigenvalue weighted by Gasteiger charge is 2.22. The molecule has 1 aliphatic rings. The molecule has 122 valence electrons. The Kier molecular flexibility index (Phi) is 4.93. The zero-order chi connectivity index (χ0) is 16.2. The third-order valence-electron chi connectivity index (χ3n) is 4.00. The molecule has 0 unspecified atom stereocenters. The summed E-state index contributed by atoms with van der Waals surface area (Å²) >= 11 is 6.04. The van der Waals surface area contributed by atoms with Gasteiger partial charge < -0.3 is 10.6 Å². The Morgan fingerprint density at radius 3 is 3.09 bits per heavy atom. The van der Waals surface area contributed by atoms with Crippen molar-refractivity contribution in [3.8, 4) is 5.69 Å². The molecule has 1 fully saturated rings. The summed E-state index contributed by atoms with van der Waals surface area (Å²) in [6, 6.07) is 7.51. The predicted molar refractivity (Wildman–Crippen MR) is 89.1 cm³/mol. The molecule has 1 aliphatic heterocycles. The number of nitrogens with zero attached hydrogens (tertiary/aromatic N) is 3. The van der Waals surface area contributed by atoms with Crippen LogP contribution >= 0.6 is 11.6 Å². The largest absolute Gasteiger partial charge is 0.347 e. The maximum Gasteiger partial charge on any atom is 0.274 e. The van der Waals surface area contributed by atoms with Crippen LogP contribution in [-0.4, -0.2) is 40.0 Å². The molecular formula is C16H20ClN5O. The quantitative estimate of drug-likeness (QED) is 0.897. The number of benzene rings is 1. The summed E-state index contributed by atoms with van der Waals surface area (Å²) in [5.74, 6) is -0.163. The number of carbonyl (C=O) groups is 1. The van der Waals surface area contributed by atoms with Crippen LogP contribution in [0.1, 0.15) is 35.9 Å². The van der Waals surface area contributed by atoms with Crippen LogP contribution < -0.4 is 10.6 Å². The van der Waals surface area contributed by atoms with Crippen molar-refractivity contribution in [2.45, 2.75) is 32.2 Å². The number of amides is 1. The van der Waals surface area contributed by atoms with E-state index in [1.165, 1.54) is 0 Å². The molecule has 0 aliphatic carbocycles. The van der Waals surface area contributed by atoms with E-state index < -0.39 is 0 Å². The van der Waals surface area contributed by atoms with E-state index in [9.17, 15) is 4.79 Å². The van der Waals surface area contributed by atoms with Crippen LogP contribution in [0.2, 0.25) is 5.02 Å². The lowest BCUT2D eigenvalue weighted by Gasteiger charge is -2.23. The Morgan fingerprint density at radius 1 is 1.52 bits per heavy atom. The van der Waals surface area contributed by atoms with Gasteiger partial charge in [0.1, 0.15) is 0 Å². The number of halogens is 1. The van der Waals surface area contributed by atoms with Crippen LogP contribution in [0, 0.1) is 0 Å². The van der Waals surface area contributed by atoms with Gasteiger partial charge in [0.2, 0.25) is 0 Å². The SMILES string of the molecule is CCc1c(C(=O)N[C@H]2CCCNC2)nnn1-c1cccc(Cl)c1. The topological polar surface area (TPSA) is 71.8 Å². The zero-order valence-corrected chi connectivity index (χ0v) is 13.8. The highest BCUT2D eigenvalue weighted by molar-refractivity contribution is 6.30. The summed E-state index contributed by atoms with van der Waals surface area (Å²) in [5, 5.41) is 15.2. The fourth-order valence-corrected chi connectivity index (χ4v) is 3.02. The lowest BCUT2D eigenvalue weighted by Crippen LogP contribution is -2.45. The molecule has 2 N–H and O–H groups in total. The molecule has 0 spiro atoms. The lowest BCUT2D eigenvalue weighted by atomic mass is 10.1. The number of nitrogens with one attached hydrogen (secondary N) is 2. The Bertz CT molecular complexity index is 694. The van der Waals surface area contributed by atoms with E-state index in [-0.39, 0.29) is 11.9 Å². The van der Waals surface area contributed by atoms with Gasteiger partial charge in [-0.15, -0.1) is 5.10 Å². The van der Waals surface area contributed by atoms with E-state index in [0.717, 1.165) is 37.3 Å². The first-order chi connectivity index (χ1) is 11.2. The molecule has 23 heavy (non-hydrogen) atoms. The van der Waals surface area contributed by atoms with Crippen molar-refractivity contribution in [1.82, 2.24) is 25.6 Å². The Hall–Kier alpha value is -1.92. The number of hydrogen-bond donors (Lipinski definition) is 2. The first-order valence-corrected chi connectivity index (χ1v) is 8.29. The molecule has 0 bridgehead atoms. The van der Waals surface area contributed by atoms with Crippen LogP contribution in [-0.2, 0) is 6.42 Å². The summed E-state index contributed by atoms with van der Waals surface area (Å²) in [7, 11) is 0. The highest BCUT2D eigenvalue weighted by atomic mass is 35.5. The van der Waals surface area contributed by atoms with Gasteiger partial charge >= 0.3 is 0 Å². The van der Waals surface area contributed by atoms with E-state index in [1.54, 1.807) is 10.7 Å². The van der Waals surface area contributed by atoms with Crippen molar-refractivity contribution in [2.75, 3.05) is 13.1 Å². The van der Waals surface area contributed by atoms with Gasteiger partial charge in [-0.05, 0) is 44.0 Å².